The van der Waals surface area contributed by atoms with Gasteiger partial charge >= 0.3 is 0 Å². The molecule has 1 saturated heterocycles. The molecule has 1 N–H and O–H groups in total. The zero-order chi connectivity index (χ0) is 15.2. The second kappa shape index (κ2) is 7.95. The Morgan fingerprint density at radius 3 is 2.48 bits per heavy atom. The van der Waals surface area contributed by atoms with Gasteiger partial charge in [0, 0.05) is 18.1 Å². The zero-order valence-corrected chi connectivity index (χ0v) is 14.2. The molecule has 0 bridgehead atoms. The molecule has 3 atom stereocenters. The lowest BCUT2D eigenvalue weighted by atomic mass is 9.89. The molecule has 1 heterocycles. The van der Waals surface area contributed by atoms with E-state index in [2.05, 4.69) is 68.2 Å². The van der Waals surface area contributed by atoms with Gasteiger partial charge in [0.1, 0.15) is 0 Å². The van der Waals surface area contributed by atoms with Gasteiger partial charge in [0.05, 0.1) is 0 Å². The van der Waals surface area contributed by atoms with Crippen LogP contribution in [0.2, 0.25) is 0 Å². The molecule has 0 aliphatic carbocycles. The summed E-state index contributed by atoms with van der Waals surface area (Å²) in [5.74, 6) is 0.654. The summed E-state index contributed by atoms with van der Waals surface area (Å²) in [6, 6.07) is 12.8. The molecule has 1 aliphatic heterocycles. The van der Waals surface area contributed by atoms with Crippen molar-refractivity contribution >= 4 is 0 Å². The highest BCUT2D eigenvalue weighted by molar-refractivity contribution is 5.21. The second-order valence-electron chi connectivity index (χ2n) is 6.62. The maximum absolute atomic E-state index is 3.76. The summed E-state index contributed by atoms with van der Waals surface area (Å²) in [6.45, 7) is 11.6. The van der Waals surface area contributed by atoms with E-state index in [4.69, 9.17) is 0 Å². The summed E-state index contributed by atoms with van der Waals surface area (Å²) in [5, 5.41) is 3.76. The monoisotopic (exact) mass is 288 g/mol. The van der Waals surface area contributed by atoms with Crippen molar-refractivity contribution in [1.82, 2.24) is 10.2 Å². The summed E-state index contributed by atoms with van der Waals surface area (Å²) in [7, 11) is 0. The van der Waals surface area contributed by atoms with E-state index in [0.29, 0.717) is 18.0 Å². The van der Waals surface area contributed by atoms with E-state index in [9.17, 15) is 0 Å². The number of rotatable bonds is 7. The standard InChI is InChI=1S/C19H32N2/c1-5-17-13-10-14-21(17)19(15(3)4)18(20-6-2)16-11-8-7-9-12-16/h7-9,11-12,15,17-20H,5-6,10,13-14H2,1-4H3. The molecule has 21 heavy (non-hydrogen) atoms. The van der Waals surface area contributed by atoms with Crippen LogP contribution in [0.15, 0.2) is 30.3 Å². The van der Waals surface area contributed by atoms with E-state index in [1.807, 2.05) is 0 Å². The first-order valence-electron chi connectivity index (χ1n) is 8.73. The molecule has 1 aromatic rings. The Labute approximate surface area is 130 Å². The van der Waals surface area contributed by atoms with Gasteiger partial charge in [-0.2, -0.15) is 0 Å². The normalized spacial score (nSPS) is 22.6. The molecule has 0 amide bonds. The molecule has 0 aromatic heterocycles. The summed E-state index contributed by atoms with van der Waals surface area (Å²) >= 11 is 0. The minimum absolute atomic E-state index is 0.434. The van der Waals surface area contributed by atoms with E-state index < -0.39 is 0 Å². The molecular formula is C19H32N2. The fraction of sp³-hybridized carbons (Fsp3) is 0.684. The molecule has 1 aromatic carbocycles. The molecule has 0 saturated carbocycles. The molecule has 2 rings (SSSR count). The quantitative estimate of drug-likeness (QED) is 0.807. The molecule has 0 radical (unpaired) electrons. The number of likely N-dealkylation sites (tertiary alicyclic amines) is 1. The van der Waals surface area contributed by atoms with Crippen molar-refractivity contribution in [3.05, 3.63) is 35.9 Å². The van der Waals surface area contributed by atoms with Crippen LogP contribution in [-0.4, -0.2) is 30.1 Å². The van der Waals surface area contributed by atoms with Gasteiger partial charge in [0.2, 0.25) is 0 Å². The van der Waals surface area contributed by atoms with Crippen molar-refractivity contribution in [2.75, 3.05) is 13.1 Å². The Kier molecular flexibility index (Phi) is 6.25. The largest absolute Gasteiger partial charge is 0.309 e. The highest BCUT2D eigenvalue weighted by atomic mass is 15.2. The van der Waals surface area contributed by atoms with Crippen LogP contribution < -0.4 is 5.32 Å². The molecule has 118 valence electrons. The van der Waals surface area contributed by atoms with Crippen molar-refractivity contribution in [3.63, 3.8) is 0 Å². The average molecular weight is 288 g/mol. The van der Waals surface area contributed by atoms with Gasteiger partial charge in [0.25, 0.3) is 0 Å². The molecule has 2 heteroatoms. The van der Waals surface area contributed by atoms with Crippen molar-refractivity contribution in [2.24, 2.45) is 5.92 Å². The molecule has 2 nitrogen and oxygen atoms in total. The fourth-order valence-electron chi connectivity index (χ4n) is 3.96. The van der Waals surface area contributed by atoms with Gasteiger partial charge in [-0.05, 0) is 43.8 Å². The minimum atomic E-state index is 0.434. The topological polar surface area (TPSA) is 15.3 Å². The third kappa shape index (κ3) is 3.87. The van der Waals surface area contributed by atoms with Gasteiger partial charge in [-0.1, -0.05) is 58.0 Å². The Morgan fingerprint density at radius 1 is 1.19 bits per heavy atom. The molecule has 1 fully saturated rings. The summed E-state index contributed by atoms with van der Waals surface area (Å²) in [5.41, 5.74) is 1.43. The lowest BCUT2D eigenvalue weighted by Crippen LogP contribution is -2.49. The van der Waals surface area contributed by atoms with E-state index in [-0.39, 0.29) is 0 Å². The van der Waals surface area contributed by atoms with Crippen LogP contribution in [0.4, 0.5) is 0 Å². The lowest BCUT2D eigenvalue weighted by Gasteiger charge is -2.41. The predicted octanol–water partition coefficient (Wildman–Crippen LogP) is 4.24. The van der Waals surface area contributed by atoms with Crippen molar-refractivity contribution in [2.45, 2.75) is 65.1 Å². The van der Waals surface area contributed by atoms with Crippen LogP contribution in [0.5, 0.6) is 0 Å². The van der Waals surface area contributed by atoms with Crippen molar-refractivity contribution in [1.29, 1.82) is 0 Å². The van der Waals surface area contributed by atoms with Crippen molar-refractivity contribution in [3.8, 4) is 0 Å². The van der Waals surface area contributed by atoms with E-state index in [0.717, 1.165) is 12.6 Å². The van der Waals surface area contributed by atoms with Gasteiger partial charge in [-0.3, -0.25) is 4.90 Å². The lowest BCUT2D eigenvalue weighted by molar-refractivity contribution is 0.102. The summed E-state index contributed by atoms with van der Waals surface area (Å²) in [6.07, 6.45) is 4.00. The van der Waals surface area contributed by atoms with Crippen LogP contribution in [0, 0.1) is 5.92 Å². The van der Waals surface area contributed by atoms with Crippen molar-refractivity contribution < 1.29 is 0 Å². The molecule has 0 spiro atoms. The van der Waals surface area contributed by atoms with Gasteiger partial charge < -0.3 is 5.32 Å². The first-order chi connectivity index (χ1) is 10.2. The van der Waals surface area contributed by atoms with Crippen LogP contribution in [-0.2, 0) is 0 Å². The third-order valence-electron chi connectivity index (χ3n) is 4.88. The SMILES string of the molecule is CCNC(c1ccccc1)C(C(C)C)N1CCCC1CC. The first kappa shape index (κ1) is 16.5. The maximum Gasteiger partial charge on any atom is 0.0480 e. The maximum atomic E-state index is 3.76. The van der Waals surface area contributed by atoms with E-state index in [1.54, 1.807) is 0 Å². The number of nitrogens with zero attached hydrogens (tertiary/aromatic N) is 1. The summed E-state index contributed by atoms with van der Waals surface area (Å²) in [4.78, 5) is 2.78. The molecule has 3 unspecified atom stereocenters. The summed E-state index contributed by atoms with van der Waals surface area (Å²) < 4.78 is 0. The van der Waals surface area contributed by atoms with Crippen LogP contribution in [0.3, 0.4) is 0 Å². The van der Waals surface area contributed by atoms with E-state index >= 15 is 0 Å². The van der Waals surface area contributed by atoms with Gasteiger partial charge in [-0.25, -0.2) is 0 Å². The number of hydrogen-bond acceptors (Lipinski definition) is 2. The Balaban J connectivity index is 2.28. The first-order valence-corrected chi connectivity index (χ1v) is 8.73. The smallest absolute Gasteiger partial charge is 0.0480 e. The van der Waals surface area contributed by atoms with E-state index in [1.165, 1.54) is 31.4 Å². The fourth-order valence-corrected chi connectivity index (χ4v) is 3.96. The van der Waals surface area contributed by atoms with Gasteiger partial charge in [-0.15, -0.1) is 0 Å². The number of hydrogen-bond donors (Lipinski definition) is 1. The minimum Gasteiger partial charge on any atom is -0.309 e. The van der Waals surface area contributed by atoms with Gasteiger partial charge in [0.15, 0.2) is 0 Å². The van der Waals surface area contributed by atoms with Crippen LogP contribution >= 0.6 is 0 Å². The highest BCUT2D eigenvalue weighted by Crippen LogP contribution is 2.33. The highest BCUT2D eigenvalue weighted by Gasteiger charge is 2.36. The predicted molar refractivity (Wildman–Crippen MR) is 91.5 cm³/mol. The molecular weight excluding hydrogens is 256 g/mol. The zero-order valence-electron chi connectivity index (χ0n) is 14.2. The number of likely N-dealkylation sites (N-methyl/N-ethyl adjacent to an activating group) is 1. The van der Waals surface area contributed by atoms with Crippen LogP contribution in [0.25, 0.3) is 0 Å². The number of benzene rings is 1. The second-order valence-corrected chi connectivity index (χ2v) is 6.62. The molecule has 1 aliphatic rings. The third-order valence-corrected chi connectivity index (χ3v) is 4.88. The van der Waals surface area contributed by atoms with Crippen LogP contribution in [0.1, 0.15) is 58.6 Å². The average Bonchev–Trinajstić information content (AvgIpc) is 2.95. The Morgan fingerprint density at radius 2 is 1.90 bits per heavy atom. The Bertz CT molecular complexity index is 401. The Hall–Kier alpha value is -0.860. The number of nitrogens with one attached hydrogen (secondary N) is 1.